The average Bonchev–Trinajstić information content (AvgIpc) is 3.35. The highest BCUT2D eigenvalue weighted by Gasteiger charge is 2.17. The van der Waals surface area contributed by atoms with Crippen molar-refractivity contribution in [2.24, 2.45) is 0 Å². The topological polar surface area (TPSA) is 74.0 Å². The molecule has 0 bridgehead atoms. The van der Waals surface area contributed by atoms with Gasteiger partial charge in [-0.05, 0) is 62.2 Å². The third-order valence-corrected chi connectivity index (χ3v) is 5.50. The normalized spacial score (nSPS) is 10.9. The van der Waals surface area contributed by atoms with Gasteiger partial charge in [-0.1, -0.05) is 35.9 Å². The fraction of sp³-hybridized carbons (Fsp3) is 0.208. The minimum atomic E-state index is -0.295. The van der Waals surface area contributed by atoms with E-state index in [-0.39, 0.29) is 12.6 Å². The Morgan fingerprint density at radius 1 is 1.03 bits per heavy atom. The Labute approximate surface area is 191 Å². The van der Waals surface area contributed by atoms with Gasteiger partial charge >= 0.3 is 0 Å². The smallest absolute Gasteiger partial charge is 0.276 e. The zero-order valence-corrected chi connectivity index (χ0v) is 18.9. The molecule has 4 rings (SSSR count). The third kappa shape index (κ3) is 4.84. The number of ether oxygens (including phenoxy) is 1. The maximum Gasteiger partial charge on any atom is 0.276 e. The number of anilines is 1. The molecule has 0 unspecified atom stereocenters. The van der Waals surface area contributed by atoms with Crippen LogP contribution in [0.5, 0.6) is 5.75 Å². The number of nitrogens with zero attached hydrogens (tertiary/aromatic N) is 4. The summed E-state index contributed by atoms with van der Waals surface area (Å²) in [6.45, 7) is 6.74. The molecule has 0 saturated heterocycles. The summed E-state index contributed by atoms with van der Waals surface area (Å²) in [5.41, 5.74) is 5.05. The van der Waals surface area contributed by atoms with E-state index in [1.807, 2.05) is 30.7 Å². The van der Waals surface area contributed by atoms with Gasteiger partial charge in [0.15, 0.2) is 12.4 Å². The van der Waals surface area contributed by atoms with Crippen LogP contribution in [0.25, 0.3) is 0 Å². The van der Waals surface area contributed by atoms with Crippen LogP contribution in [0.4, 0.5) is 5.69 Å². The molecule has 2 heterocycles. The summed E-state index contributed by atoms with van der Waals surface area (Å²) < 4.78 is 9.13. The lowest BCUT2D eigenvalue weighted by molar-refractivity contribution is 0.102. The van der Waals surface area contributed by atoms with Gasteiger partial charge in [0.05, 0.1) is 23.6 Å². The van der Waals surface area contributed by atoms with Gasteiger partial charge in [0, 0.05) is 11.2 Å². The average molecular weight is 450 g/mol. The lowest BCUT2D eigenvalue weighted by Gasteiger charge is -2.09. The maximum atomic E-state index is 12.8. The first-order valence-electron chi connectivity index (χ1n) is 10.2. The summed E-state index contributed by atoms with van der Waals surface area (Å²) in [5.74, 6) is 0.375. The lowest BCUT2D eigenvalue weighted by atomic mass is 10.1. The zero-order valence-electron chi connectivity index (χ0n) is 18.2. The molecule has 4 aromatic rings. The van der Waals surface area contributed by atoms with Gasteiger partial charge < -0.3 is 10.1 Å². The fourth-order valence-corrected chi connectivity index (χ4v) is 3.51. The predicted molar refractivity (Wildman–Crippen MR) is 124 cm³/mol. The number of rotatable bonds is 7. The number of aromatic nitrogens is 4. The SMILES string of the molecule is Cc1ccccc1Cn1nc(C)c(NC(=O)c2ccn(COc3ccc(Cl)cc3)n2)c1C. The first kappa shape index (κ1) is 21.6. The van der Waals surface area contributed by atoms with Crippen LogP contribution in [0.2, 0.25) is 5.02 Å². The van der Waals surface area contributed by atoms with Crippen LogP contribution in [0, 0.1) is 20.8 Å². The first-order valence-corrected chi connectivity index (χ1v) is 10.6. The van der Waals surface area contributed by atoms with Crippen LogP contribution in [0.15, 0.2) is 60.8 Å². The Kier molecular flexibility index (Phi) is 6.28. The largest absolute Gasteiger partial charge is 0.471 e. The molecular weight excluding hydrogens is 426 g/mol. The zero-order chi connectivity index (χ0) is 22.7. The Morgan fingerprint density at radius 2 is 1.78 bits per heavy atom. The number of nitrogens with one attached hydrogen (secondary N) is 1. The molecule has 0 aliphatic heterocycles. The van der Waals surface area contributed by atoms with Crippen LogP contribution in [-0.4, -0.2) is 25.5 Å². The number of carbonyl (C=O) groups is 1. The van der Waals surface area contributed by atoms with Crippen LogP contribution in [-0.2, 0) is 13.3 Å². The molecule has 0 radical (unpaired) electrons. The maximum absolute atomic E-state index is 12.8. The van der Waals surface area contributed by atoms with Gasteiger partial charge in [-0.15, -0.1) is 0 Å². The molecule has 0 aliphatic rings. The molecule has 1 amide bonds. The van der Waals surface area contributed by atoms with Gasteiger partial charge in [0.2, 0.25) is 0 Å². The number of halogens is 1. The Hall–Kier alpha value is -3.58. The standard InChI is InChI=1S/C24H24ClN5O2/c1-16-6-4-5-7-19(16)14-30-18(3)23(17(2)27-30)26-24(31)22-12-13-29(28-22)15-32-21-10-8-20(25)9-11-21/h4-13H,14-15H2,1-3H3,(H,26,31). The van der Waals surface area contributed by atoms with Crippen molar-refractivity contribution in [3.05, 3.63) is 94.0 Å². The first-order chi connectivity index (χ1) is 15.4. The number of amides is 1. The van der Waals surface area contributed by atoms with E-state index < -0.39 is 0 Å². The van der Waals surface area contributed by atoms with Crippen LogP contribution in [0.3, 0.4) is 0 Å². The molecule has 2 aromatic carbocycles. The number of hydrogen-bond donors (Lipinski definition) is 1. The highest BCUT2D eigenvalue weighted by molar-refractivity contribution is 6.30. The number of carbonyl (C=O) groups excluding carboxylic acids is 1. The van der Waals surface area contributed by atoms with Crippen molar-refractivity contribution < 1.29 is 9.53 Å². The summed E-state index contributed by atoms with van der Waals surface area (Å²) in [6.07, 6.45) is 1.70. The fourth-order valence-electron chi connectivity index (χ4n) is 3.38. The van der Waals surface area contributed by atoms with E-state index in [1.165, 1.54) is 11.1 Å². The summed E-state index contributed by atoms with van der Waals surface area (Å²) in [4.78, 5) is 12.8. The summed E-state index contributed by atoms with van der Waals surface area (Å²) >= 11 is 5.88. The molecule has 2 aromatic heterocycles. The highest BCUT2D eigenvalue weighted by atomic mass is 35.5. The van der Waals surface area contributed by atoms with E-state index in [2.05, 4.69) is 34.6 Å². The van der Waals surface area contributed by atoms with E-state index in [0.717, 1.165) is 11.4 Å². The second-order valence-corrected chi connectivity index (χ2v) is 7.99. The number of hydrogen-bond acceptors (Lipinski definition) is 4. The minimum Gasteiger partial charge on any atom is -0.471 e. The summed E-state index contributed by atoms with van der Waals surface area (Å²) in [6, 6.07) is 16.9. The van der Waals surface area contributed by atoms with Crippen LogP contribution < -0.4 is 10.1 Å². The second kappa shape index (κ2) is 9.28. The van der Waals surface area contributed by atoms with E-state index in [4.69, 9.17) is 16.3 Å². The van der Waals surface area contributed by atoms with Crippen LogP contribution in [0.1, 0.15) is 33.0 Å². The second-order valence-electron chi connectivity index (χ2n) is 7.55. The van der Waals surface area contributed by atoms with Crippen molar-refractivity contribution in [2.45, 2.75) is 34.0 Å². The molecule has 7 nitrogen and oxygen atoms in total. The molecule has 32 heavy (non-hydrogen) atoms. The molecular formula is C24H24ClN5O2. The number of benzene rings is 2. The van der Waals surface area contributed by atoms with Gasteiger partial charge in [-0.25, -0.2) is 4.68 Å². The van der Waals surface area contributed by atoms with E-state index in [0.29, 0.717) is 28.7 Å². The van der Waals surface area contributed by atoms with Crippen molar-refractivity contribution >= 4 is 23.2 Å². The molecule has 0 aliphatic carbocycles. The monoisotopic (exact) mass is 449 g/mol. The van der Waals surface area contributed by atoms with Crippen LogP contribution >= 0.6 is 11.6 Å². The quantitative estimate of drug-likeness (QED) is 0.431. The van der Waals surface area contributed by atoms with Crippen molar-refractivity contribution in [3.63, 3.8) is 0 Å². The van der Waals surface area contributed by atoms with Crippen molar-refractivity contribution in [2.75, 3.05) is 5.32 Å². The predicted octanol–water partition coefficient (Wildman–Crippen LogP) is 5.00. The minimum absolute atomic E-state index is 0.182. The summed E-state index contributed by atoms with van der Waals surface area (Å²) in [7, 11) is 0. The molecule has 8 heteroatoms. The molecule has 0 atom stereocenters. The highest BCUT2D eigenvalue weighted by Crippen LogP contribution is 2.22. The molecule has 1 N–H and O–H groups in total. The van der Waals surface area contributed by atoms with Crippen molar-refractivity contribution in [1.29, 1.82) is 0 Å². The van der Waals surface area contributed by atoms with Gasteiger partial charge in [-0.3, -0.25) is 9.48 Å². The molecule has 0 saturated carbocycles. The van der Waals surface area contributed by atoms with Crippen molar-refractivity contribution in [3.8, 4) is 5.75 Å². The van der Waals surface area contributed by atoms with E-state index >= 15 is 0 Å². The molecule has 0 spiro atoms. The lowest BCUT2D eigenvalue weighted by Crippen LogP contribution is -2.15. The Bertz CT molecular complexity index is 1240. The Morgan fingerprint density at radius 3 is 2.53 bits per heavy atom. The van der Waals surface area contributed by atoms with Gasteiger partial charge in [0.25, 0.3) is 5.91 Å². The van der Waals surface area contributed by atoms with E-state index in [1.54, 1.807) is 41.2 Å². The third-order valence-electron chi connectivity index (χ3n) is 5.25. The van der Waals surface area contributed by atoms with Gasteiger partial charge in [0.1, 0.15) is 5.75 Å². The van der Waals surface area contributed by atoms with Crippen molar-refractivity contribution in [1.82, 2.24) is 19.6 Å². The van der Waals surface area contributed by atoms with Gasteiger partial charge in [-0.2, -0.15) is 10.2 Å². The molecule has 0 fully saturated rings. The summed E-state index contributed by atoms with van der Waals surface area (Å²) in [5, 5.41) is 12.5. The number of aryl methyl sites for hydroxylation is 2. The van der Waals surface area contributed by atoms with E-state index in [9.17, 15) is 4.79 Å². The molecule has 164 valence electrons. The Balaban J connectivity index is 1.42.